The molecule has 2 aromatic carbocycles. The van der Waals surface area contributed by atoms with Crippen molar-refractivity contribution in [2.24, 2.45) is 0 Å². The topological polar surface area (TPSA) is 64.0 Å². The Morgan fingerprint density at radius 1 is 1.07 bits per heavy atom. The van der Waals surface area contributed by atoms with Crippen LogP contribution in [0.5, 0.6) is 0 Å². The van der Waals surface area contributed by atoms with E-state index in [0.29, 0.717) is 23.7 Å². The molecule has 0 bridgehead atoms. The van der Waals surface area contributed by atoms with E-state index in [2.05, 4.69) is 10.3 Å². The highest BCUT2D eigenvalue weighted by atomic mass is 32.1. The average molecular weight is 389 g/mol. The molecule has 0 unspecified atom stereocenters. The van der Waals surface area contributed by atoms with E-state index >= 15 is 0 Å². The Balaban J connectivity index is 1.54. The van der Waals surface area contributed by atoms with Crippen LogP contribution in [0.1, 0.15) is 26.6 Å². The number of amides is 1. The maximum Gasteiger partial charge on any atom is 0.308 e. The number of nitrogens with one attached hydrogen (secondary N) is 1. The van der Waals surface area contributed by atoms with Gasteiger partial charge >= 0.3 is 4.87 Å². The Morgan fingerprint density at radius 3 is 2.68 bits per heavy atom. The summed E-state index contributed by atoms with van der Waals surface area (Å²) in [5, 5.41) is 5.21. The maximum atomic E-state index is 12.7. The Morgan fingerprint density at radius 2 is 1.86 bits per heavy atom. The van der Waals surface area contributed by atoms with Crippen LogP contribution >= 0.6 is 11.3 Å². The lowest BCUT2D eigenvalue weighted by Crippen LogP contribution is -2.23. The second kappa shape index (κ2) is 7.78. The molecule has 0 aliphatic carbocycles. The quantitative estimate of drug-likeness (QED) is 0.565. The predicted molar refractivity (Wildman–Crippen MR) is 112 cm³/mol. The van der Waals surface area contributed by atoms with Crippen molar-refractivity contribution in [1.29, 1.82) is 0 Å². The summed E-state index contributed by atoms with van der Waals surface area (Å²) in [6.07, 6.45) is 1.69. The summed E-state index contributed by atoms with van der Waals surface area (Å²) in [5.41, 5.74) is 2.49. The lowest BCUT2D eigenvalue weighted by molar-refractivity contribution is 0.0954. The number of hydrogen-bond donors (Lipinski definition) is 1. The summed E-state index contributed by atoms with van der Waals surface area (Å²) < 4.78 is 1.60. The van der Waals surface area contributed by atoms with Gasteiger partial charge in [-0.3, -0.25) is 19.1 Å². The molecule has 2 aromatic heterocycles. The van der Waals surface area contributed by atoms with Gasteiger partial charge in [0.15, 0.2) is 0 Å². The van der Waals surface area contributed by atoms with Gasteiger partial charge in [0, 0.05) is 18.4 Å². The summed E-state index contributed by atoms with van der Waals surface area (Å²) in [6.45, 7) is 2.57. The van der Waals surface area contributed by atoms with E-state index in [0.717, 1.165) is 33.4 Å². The molecule has 0 radical (unpaired) electrons. The van der Waals surface area contributed by atoms with Crippen LogP contribution in [0.4, 0.5) is 0 Å². The van der Waals surface area contributed by atoms with Crippen molar-refractivity contribution < 1.29 is 4.79 Å². The number of carbonyl (C=O) groups is 1. The molecule has 0 spiro atoms. The van der Waals surface area contributed by atoms with Crippen molar-refractivity contribution in [2.45, 2.75) is 20.0 Å². The normalized spacial score (nSPS) is 10.9. The predicted octanol–water partition coefficient (Wildman–Crippen LogP) is 3.74. The van der Waals surface area contributed by atoms with Crippen molar-refractivity contribution in [3.8, 4) is 0 Å². The number of carbonyl (C=O) groups excluding carboxylic acids is 1. The molecular weight excluding hydrogens is 370 g/mol. The molecule has 0 aliphatic rings. The van der Waals surface area contributed by atoms with Crippen LogP contribution in [0.15, 0.2) is 71.7 Å². The molecule has 0 saturated heterocycles. The maximum absolute atomic E-state index is 12.7. The van der Waals surface area contributed by atoms with Gasteiger partial charge in [-0.25, -0.2) is 0 Å². The number of aromatic nitrogens is 2. The molecule has 6 heteroatoms. The van der Waals surface area contributed by atoms with Crippen LogP contribution in [0.3, 0.4) is 0 Å². The summed E-state index contributed by atoms with van der Waals surface area (Å²) in [5.74, 6) is -0.229. The first-order valence-corrected chi connectivity index (χ1v) is 9.80. The number of benzene rings is 2. The zero-order valence-electron chi connectivity index (χ0n) is 15.4. The summed E-state index contributed by atoms with van der Waals surface area (Å²) in [4.78, 5) is 29.7. The van der Waals surface area contributed by atoms with Gasteiger partial charge in [0.2, 0.25) is 0 Å². The van der Waals surface area contributed by atoms with Gasteiger partial charge < -0.3 is 5.32 Å². The van der Waals surface area contributed by atoms with Crippen LogP contribution in [-0.4, -0.2) is 15.5 Å². The van der Waals surface area contributed by atoms with Crippen LogP contribution < -0.4 is 10.2 Å². The zero-order chi connectivity index (χ0) is 19.5. The van der Waals surface area contributed by atoms with Crippen LogP contribution in [0.2, 0.25) is 0 Å². The minimum atomic E-state index is -0.229. The van der Waals surface area contributed by atoms with E-state index in [4.69, 9.17) is 0 Å². The van der Waals surface area contributed by atoms with Gasteiger partial charge in [-0.15, -0.1) is 0 Å². The molecule has 140 valence electrons. The molecule has 28 heavy (non-hydrogen) atoms. The molecule has 0 fully saturated rings. The number of pyridine rings is 1. The minimum absolute atomic E-state index is 0.154. The first kappa shape index (κ1) is 18.1. The third kappa shape index (κ3) is 3.59. The highest BCUT2D eigenvalue weighted by molar-refractivity contribution is 7.11. The van der Waals surface area contributed by atoms with Gasteiger partial charge in [-0.05, 0) is 35.4 Å². The van der Waals surface area contributed by atoms with E-state index in [1.165, 1.54) is 0 Å². The van der Waals surface area contributed by atoms with Gasteiger partial charge in [-0.1, -0.05) is 59.9 Å². The highest BCUT2D eigenvalue weighted by Crippen LogP contribution is 2.19. The molecule has 1 N–H and O–H groups in total. The second-order valence-corrected chi connectivity index (χ2v) is 7.47. The van der Waals surface area contributed by atoms with Gasteiger partial charge in [-0.2, -0.15) is 0 Å². The van der Waals surface area contributed by atoms with Crippen molar-refractivity contribution in [3.05, 3.63) is 98.4 Å². The number of thiazole rings is 1. The first-order chi connectivity index (χ1) is 13.6. The van der Waals surface area contributed by atoms with Gasteiger partial charge in [0.05, 0.1) is 12.2 Å². The fraction of sp³-hybridized carbons (Fsp3) is 0.136. The Bertz CT molecular complexity index is 1190. The zero-order valence-corrected chi connectivity index (χ0v) is 16.2. The van der Waals surface area contributed by atoms with Crippen molar-refractivity contribution in [1.82, 2.24) is 14.9 Å². The van der Waals surface area contributed by atoms with Crippen molar-refractivity contribution in [3.63, 3.8) is 0 Å². The average Bonchev–Trinajstić information content (AvgIpc) is 3.01. The number of fused-ring (bicyclic) bond motifs is 1. The summed E-state index contributed by atoms with van der Waals surface area (Å²) in [7, 11) is 0. The monoisotopic (exact) mass is 389 g/mol. The molecule has 1 amide bonds. The minimum Gasteiger partial charge on any atom is -0.347 e. The third-order valence-electron chi connectivity index (χ3n) is 4.72. The smallest absolute Gasteiger partial charge is 0.308 e. The number of nitrogens with zero attached hydrogens (tertiary/aromatic N) is 2. The van der Waals surface area contributed by atoms with Crippen LogP contribution in [0.25, 0.3) is 10.8 Å². The molecule has 0 saturated carbocycles. The lowest BCUT2D eigenvalue weighted by atomic mass is 10.0. The van der Waals surface area contributed by atoms with Crippen LogP contribution in [0, 0.1) is 6.92 Å². The first-order valence-electron chi connectivity index (χ1n) is 8.98. The van der Waals surface area contributed by atoms with E-state index in [1.54, 1.807) is 17.7 Å². The lowest BCUT2D eigenvalue weighted by Gasteiger charge is -2.09. The van der Waals surface area contributed by atoms with E-state index in [9.17, 15) is 9.59 Å². The SMILES string of the molecule is Cc1c(C(=O)NCc2cccc3ccccc23)sc(=O)n1Cc1ccccn1. The molecular formula is C22H19N3O2S. The van der Waals surface area contributed by atoms with E-state index in [-0.39, 0.29) is 10.8 Å². The summed E-state index contributed by atoms with van der Waals surface area (Å²) in [6, 6.07) is 19.7. The van der Waals surface area contributed by atoms with Gasteiger partial charge in [0.25, 0.3) is 5.91 Å². The fourth-order valence-corrected chi connectivity index (χ4v) is 4.13. The second-order valence-electron chi connectivity index (χ2n) is 6.51. The van der Waals surface area contributed by atoms with Crippen molar-refractivity contribution >= 4 is 28.0 Å². The van der Waals surface area contributed by atoms with Crippen molar-refractivity contribution in [2.75, 3.05) is 0 Å². The Labute approximate surface area is 166 Å². The Hall–Kier alpha value is -3.25. The molecule has 4 rings (SSSR count). The fourth-order valence-electron chi connectivity index (χ4n) is 3.23. The number of hydrogen-bond acceptors (Lipinski definition) is 4. The number of rotatable bonds is 5. The van der Waals surface area contributed by atoms with E-state index < -0.39 is 0 Å². The highest BCUT2D eigenvalue weighted by Gasteiger charge is 2.18. The molecule has 2 heterocycles. The molecule has 0 atom stereocenters. The largest absolute Gasteiger partial charge is 0.347 e. The standard InChI is InChI=1S/C22H19N3O2S/c1-15-20(28-22(27)25(15)14-18-10-4-5-12-23-18)21(26)24-13-17-9-6-8-16-7-2-3-11-19(16)17/h2-12H,13-14H2,1H3,(H,24,26). The third-order valence-corrected chi connectivity index (χ3v) is 5.79. The molecule has 5 nitrogen and oxygen atoms in total. The van der Waals surface area contributed by atoms with Gasteiger partial charge in [0.1, 0.15) is 4.88 Å². The summed E-state index contributed by atoms with van der Waals surface area (Å²) >= 11 is 0.975. The molecule has 4 aromatic rings. The van der Waals surface area contributed by atoms with E-state index in [1.807, 2.05) is 60.7 Å². The van der Waals surface area contributed by atoms with Crippen LogP contribution in [-0.2, 0) is 13.1 Å². The molecule has 0 aliphatic heterocycles. The Kier molecular flexibility index (Phi) is 5.04.